The number of rotatable bonds is 3. The summed E-state index contributed by atoms with van der Waals surface area (Å²) in [7, 11) is 0. The summed E-state index contributed by atoms with van der Waals surface area (Å²) in [4.78, 5) is 24.2. The first-order valence-corrected chi connectivity index (χ1v) is 6.24. The van der Waals surface area contributed by atoms with Crippen LogP contribution in [0.1, 0.15) is 26.7 Å². The fraction of sp³-hybridized carbons (Fsp3) is 0.833. The minimum Gasteiger partial charge on any atom is -0.447 e. The fourth-order valence-electron chi connectivity index (χ4n) is 2.83. The van der Waals surface area contributed by atoms with Gasteiger partial charge in [-0.05, 0) is 13.3 Å². The van der Waals surface area contributed by atoms with E-state index in [-0.39, 0.29) is 30.8 Å². The van der Waals surface area contributed by atoms with Crippen molar-refractivity contribution < 1.29 is 24.5 Å². The van der Waals surface area contributed by atoms with Crippen LogP contribution in [-0.2, 0) is 9.53 Å². The number of amides is 1. The summed E-state index contributed by atoms with van der Waals surface area (Å²) in [5.41, 5.74) is 0. The van der Waals surface area contributed by atoms with E-state index in [0.29, 0.717) is 6.42 Å². The number of hydrogen-bond acceptors (Lipinski definition) is 5. The first-order valence-electron chi connectivity index (χ1n) is 6.24. The molecule has 0 aromatic heterocycles. The van der Waals surface area contributed by atoms with Gasteiger partial charge >= 0.3 is 6.09 Å². The lowest BCUT2D eigenvalue weighted by Crippen LogP contribution is -2.62. The van der Waals surface area contributed by atoms with Crippen LogP contribution in [0.5, 0.6) is 0 Å². The Balaban J connectivity index is 2.18. The highest BCUT2D eigenvalue weighted by molar-refractivity contribution is 5.75. The summed E-state index contributed by atoms with van der Waals surface area (Å²) in [5.74, 6) is -0.237. The smallest absolute Gasteiger partial charge is 0.410 e. The highest BCUT2D eigenvalue weighted by Crippen LogP contribution is 2.34. The van der Waals surface area contributed by atoms with Crippen molar-refractivity contribution in [3.63, 3.8) is 0 Å². The zero-order valence-electron chi connectivity index (χ0n) is 10.6. The Morgan fingerprint density at radius 1 is 1.44 bits per heavy atom. The first kappa shape index (κ1) is 13.3. The normalized spacial score (nSPS) is 39.4. The molecule has 1 amide bonds. The van der Waals surface area contributed by atoms with Crippen LogP contribution in [0.3, 0.4) is 0 Å². The van der Waals surface area contributed by atoms with Crippen LogP contribution in [0.2, 0.25) is 0 Å². The van der Waals surface area contributed by atoms with Gasteiger partial charge in [0.15, 0.2) is 0 Å². The van der Waals surface area contributed by atoms with Crippen LogP contribution in [-0.4, -0.2) is 57.9 Å². The number of ketones is 1. The lowest BCUT2D eigenvalue weighted by molar-refractivity contribution is -0.121. The predicted octanol–water partition coefficient (Wildman–Crippen LogP) is -0.0835. The molecule has 0 saturated carbocycles. The maximum absolute atomic E-state index is 11.7. The number of cyclic esters (lactones) is 1. The second-order valence-corrected chi connectivity index (χ2v) is 5.20. The molecule has 2 aliphatic rings. The Morgan fingerprint density at radius 2 is 2.11 bits per heavy atom. The van der Waals surface area contributed by atoms with Gasteiger partial charge in [-0.1, -0.05) is 6.92 Å². The van der Waals surface area contributed by atoms with Gasteiger partial charge in [0.1, 0.15) is 18.5 Å². The molecule has 6 heteroatoms. The number of hydrogen-bond donors (Lipinski definition) is 2. The summed E-state index contributed by atoms with van der Waals surface area (Å²) < 4.78 is 4.98. The largest absolute Gasteiger partial charge is 0.447 e. The van der Waals surface area contributed by atoms with Crippen molar-refractivity contribution >= 4 is 11.9 Å². The molecule has 0 radical (unpaired) electrons. The molecular weight excluding hydrogens is 238 g/mol. The summed E-state index contributed by atoms with van der Waals surface area (Å²) in [6, 6.07) is -0.757. The van der Waals surface area contributed by atoms with E-state index in [1.165, 1.54) is 11.8 Å². The van der Waals surface area contributed by atoms with Gasteiger partial charge in [0.2, 0.25) is 0 Å². The molecule has 102 valence electrons. The van der Waals surface area contributed by atoms with Crippen LogP contribution in [0.4, 0.5) is 4.79 Å². The molecule has 2 saturated heterocycles. The summed E-state index contributed by atoms with van der Waals surface area (Å²) in [5, 5.41) is 20.1. The van der Waals surface area contributed by atoms with E-state index in [1.54, 1.807) is 6.92 Å². The number of carbonyl (C=O) groups is 2. The number of aliphatic hydroxyl groups excluding tert-OH is 2. The van der Waals surface area contributed by atoms with Crippen LogP contribution in [0.15, 0.2) is 0 Å². The zero-order valence-corrected chi connectivity index (χ0v) is 10.6. The first-order chi connectivity index (χ1) is 8.43. The molecule has 0 aromatic rings. The third-order valence-corrected chi connectivity index (χ3v) is 3.98. The van der Waals surface area contributed by atoms with Crippen LogP contribution < -0.4 is 0 Å². The van der Waals surface area contributed by atoms with Gasteiger partial charge < -0.3 is 19.7 Å². The van der Waals surface area contributed by atoms with Gasteiger partial charge in [-0.25, -0.2) is 4.79 Å². The molecule has 2 aliphatic heterocycles. The number of carbonyl (C=O) groups excluding carboxylic acids is 2. The molecule has 0 aliphatic carbocycles. The predicted molar refractivity (Wildman–Crippen MR) is 61.9 cm³/mol. The molecule has 5 unspecified atom stereocenters. The molecule has 2 N–H and O–H groups in total. The number of piperidine rings is 1. The van der Waals surface area contributed by atoms with Crippen molar-refractivity contribution in [2.24, 2.45) is 5.92 Å². The molecule has 2 fully saturated rings. The topological polar surface area (TPSA) is 87.1 Å². The van der Waals surface area contributed by atoms with Gasteiger partial charge in [0.25, 0.3) is 0 Å². The quantitative estimate of drug-likeness (QED) is 0.738. The van der Waals surface area contributed by atoms with Crippen molar-refractivity contribution in [2.45, 2.75) is 51.0 Å². The highest BCUT2D eigenvalue weighted by atomic mass is 16.6. The monoisotopic (exact) mass is 257 g/mol. The number of fused-ring (bicyclic) bond motifs is 1. The van der Waals surface area contributed by atoms with Crippen LogP contribution in [0, 0.1) is 5.92 Å². The third-order valence-electron chi connectivity index (χ3n) is 3.98. The van der Waals surface area contributed by atoms with E-state index < -0.39 is 24.3 Å². The molecule has 5 atom stereocenters. The highest BCUT2D eigenvalue weighted by Gasteiger charge is 2.51. The van der Waals surface area contributed by atoms with Crippen molar-refractivity contribution in [1.82, 2.24) is 4.90 Å². The van der Waals surface area contributed by atoms with E-state index in [2.05, 4.69) is 0 Å². The van der Waals surface area contributed by atoms with Crippen molar-refractivity contribution in [3.8, 4) is 0 Å². The summed E-state index contributed by atoms with van der Waals surface area (Å²) in [6.45, 7) is 3.49. The van der Waals surface area contributed by atoms with Gasteiger partial charge in [-0.15, -0.1) is 0 Å². The van der Waals surface area contributed by atoms with Crippen molar-refractivity contribution in [3.05, 3.63) is 0 Å². The van der Waals surface area contributed by atoms with E-state index in [9.17, 15) is 19.8 Å². The second kappa shape index (κ2) is 4.85. The Kier molecular flexibility index (Phi) is 3.59. The average Bonchev–Trinajstić information content (AvgIpc) is 2.68. The van der Waals surface area contributed by atoms with Gasteiger partial charge in [0, 0.05) is 12.3 Å². The van der Waals surface area contributed by atoms with Crippen LogP contribution in [0.25, 0.3) is 0 Å². The SMILES string of the molecule is CC(=O)CCC1C(O)C(O)C(C)C2COC(=O)N21. The lowest BCUT2D eigenvalue weighted by atomic mass is 9.81. The Labute approximate surface area is 106 Å². The third kappa shape index (κ3) is 2.10. The minimum absolute atomic E-state index is 0.000531. The van der Waals surface area contributed by atoms with E-state index in [4.69, 9.17) is 4.74 Å². The van der Waals surface area contributed by atoms with Gasteiger partial charge in [-0.2, -0.15) is 0 Å². The molecule has 6 nitrogen and oxygen atoms in total. The molecule has 2 heterocycles. The second-order valence-electron chi connectivity index (χ2n) is 5.20. The van der Waals surface area contributed by atoms with Crippen molar-refractivity contribution in [2.75, 3.05) is 6.61 Å². The zero-order chi connectivity index (χ0) is 13.4. The molecule has 0 spiro atoms. The number of nitrogens with zero attached hydrogens (tertiary/aromatic N) is 1. The molecular formula is C12H19NO5. The molecule has 18 heavy (non-hydrogen) atoms. The molecule has 2 rings (SSSR count). The minimum atomic E-state index is -1.03. The molecule has 0 bridgehead atoms. The van der Waals surface area contributed by atoms with E-state index >= 15 is 0 Å². The van der Waals surface area contributed by atoms with Gasteiger partial charge in [-0.3, -0.25) is 4.90 Å². The maximum atomic E-state index is 11.7. The maximum Gasteiger partial charge on any atom is 0.410 e. The lowest BCUT2D eigenvalue weighted by Gasteiger charge is -2.45. The fourth-order valence-corrected chi connectivity index (χ4v) is 2.83. The van der Waals surface area contributed by atoms with Gasteiger partial charge in [0.05, 0.1) is 18.2 Å². The molecule has 0 aromatic carbocycles. The summed E-state index contributed by atoms with van der Waals surface area (Å²) in [6.07, 6.45) is -1.75. The number of aliphatic hydroxyl groups is 2. The number of Topliss-reactive ketones (excluding diaryl/α,β-unsaturated/α-hetero) is 1. The Bertz CT molecular complexity index is 358. The van der Waals surface area contributed by atoms with E-state index in [1.807, 2.05) is 0 Å². The number of ether oxygens (including phenoxy) is 1. The Hall–Kier alpha value is -1.14. The summed E-state index contributed by atoms with van der Waals surface area (Å²) >= 11 is 0. The Morgan fingerprint density at radius 3 is 2.72 bits per heavy atom. The van der Waals surface area contributed by atoms with Crippen molar-refractivity contribution in [1.29, 1.82) is 0 Å². The standard InChI is InChI=1S/C12H19NO5/c1-6(14)3-4-8-11(16)10(15)7(2)9-5-18-12(17)13(8)9/h7-11,15-16H,3-5H2,1-2H3. The van der Waals surface area contributed by atoms with E-state index in [0.717, 1.165) is 0 Å². The average molecular weight is 257 g/mol. The van der Waals surface area contributed by atoms with Crippen LogP contribution >= 0.6 is 0 Å².